The zero-order valence-corrected chi connectivity index (χ0v) is 14.9. The van der Waals surface area contributed by atoms with Gasteiger partial charge in [0.2, 0.25) is 0 Å². The smallest absolute Gasteiger partial charge is 0.137 e. The van der Waals surface area contributed by atoms with Gasteiger partial charge in [0.15, 0.2) is 0 Å². The number of hydrogen-bond acceptors (Lipinski definition) is 6. The molecule has 1 saturated heterocycles. The first-order chi connectivity index (χ1) is 12.2. The van der Waals surface area contributed by atoms with Crippen molar-refractivity contribution < 1.29 is 19.1 Å². The molecule has 2 unspecified atom stereocenters. The zero-order chi connectivity index (χ0) is 17.6. The molecule has 1 aromatic carbocycles. The third-order valence-electron chi connectivity index (χ3n) is 4.56. The fourth-order valence-corrected chi connectivity index (χ4v) is 3.45. The van der Waals surface area contributed by atoms with Crippen LogP contribution in [0.2, 0.25) is 0 Å². The summed E-state index contributed by atoms with van der Waals surface area (Å²) < 4.78 is 16.5. The van der Waals surface area contributed by atoms with E-state index in [-0.39, 0.29) is 12.7 Å². The Hall–Kier alpha value is -1.89. The first kappa shape index (κ1) is 17.9. The van der Waals surface area contributed by atoms with Gasteiger partial charge in [-0.3, -0.25) is 4.90 Å². The van der Waals surface area contributed by atoms with E-state index in [1.54, 1.807) is 7.11 Å². The summed E-state index contributed by atoms with van der Waals surface area (Å²) in [6.45, 7) is 4.98. The van der Waals surface area contributed by atoms with E-state index < -0.39 is 0 Å². The first-order valence-corrected chi connectivity index (χ1v) is 8.68. The van der Waals surface area contributed by atoms with E-state index in [9.17, 15) is 0 Å². The summed E-state index contributed by atoms with van der Waals surface area (Å²) in [4.78, 5) is 2.40. The number of aryl methyl sites for hydroxylation is 1. The normalized spacial score (nSPS) is 20.9. The lowest BCUT2D eigenvalue weighted by atomic mass is 10.0. The fraction of sp³-hybridized carbons (Fsp3) is 0.526. The van der Waals surface area contributed by atoms with Gasteiger partial charge in [0.25, 0.3) is 0 Å². The van der Waals surface area contributed by atoms with Gasteiger partial charge in [-0.25, -0.2) is 0 Å². The second-order valence-electron chi connectivity index (χ2n) is 6.59. The molecule has 2 atom stereocenters. The quantitative estimate of drug-likeness (QED) is 0.789. The van der Waals surface area contributed by atoms with E-state index in [1.165, 1.54) is 5.56 Å². The lowest BCUT2D eigenvalue weighted by Crippen LogP contribution is -2.23. The number of aromatic nitrogens is 1. The van der Waals surface area contributed by atoms with Crippen LogP contribution in [0.5, 0.6) is 5.75 Å². The Balaban J connectivity index is 1.60. The highest BCUT2D eigenvalue weighted by molar-refractivity contribution is 5.28. The molecule has 2 heterocycles. The number of rotatable bonds is 8. The molecule has 1 N–H and O–H groups in total. The van der Waals surface area contributed by atoms with Gasteiger partial charge >= 0.3 is 0 Å². The van der Waals surface area contributed by atoms with E-state index in [1.807, 2.05) is 31.2 Å². The summed E-state index contributed by atoms with van der Waals surface area (Å²) in [6, 6.07) is 10.0. The maximum atomic E-state index is 8.88. The van der Waals surface area contributed by atoms with Crippen molar-refractivity contribution in [3.8, 4) is 5.75 Å². The standard InChI is InChI=1S/C19H26N2O4/c1-14-8-18(25-20-14)10-16-12-21(13-19(16)23-2)11-15-4-3-5-17(9-15)24-7-6-22/h3-5,8-9,16,19,22H,6-7,10-13H2,1-2H3. The second-order valence-corrected chi connectivity index (χ2v) is 6.59. The minimum absolute atomic E-state index is 0.0225. The third kappa shape index (κ3) is 4.81. The molecular formula is C19H26N2O4. The Bertz CT molecular complexity index is 673. The Labute approximate surface area is 148 Å². The van der Waals surface area contributed by atoms with Crippen LogP contribution in [0.4, 0.5) is 0 Å². The number of hydrogen-bond donors (Lipinski definition) is 1. The van der Waals surface area contributed by atoms with Crippen molar-refractivity contribution in [2.45, 2.75) is 26.0 Å². The number of methoxy groups -OCH3 is 1. The average molecular weight is 346 g/mol. The molecule has 6 heteroatoms. The van der Waals surface area contributed by atoms with Gasteiger partial charge in [-0.1, -0.05) is 17.3 Å². The Morgan fingerprint density at radius 3 is 2.92 bits per heavy atom. The van der Waals surface area contributed by atoms with Crippen LogP contribution in [-0.4, -0.2) is 54.7 Å². The molecule has 1 aliphatic rings. The number of aliphatic hydroxyl groups excluding tert-OH is 1. The molecule has 0 aliphatic carbocycles. The summed E-state index contributed by atoms with van der Waals surface area (Å²) >= 11 is 0. The molecule has 0 amide bonds. The van der Waals surface area contributed by atoms with E-state index in [4.69, 9.17) is 19.1 Å². The van der Waals surface area contributed by atoms with Gasteiger partial charge in [-0.2, -0.15) is 0 Å². The minimum atomic E-state index is 0.0225. The summed E-state index contributed by atoms with van der Waals surface area (Å²) in [5.74, 6) is 2.11. The lowest BCUT2D eigenvalue weighted by molar-refractivity contribution is 0.0761. The topological polar surface area (TPSA) is 68.0 Å². The van der Waals surface area contributed by atoms with Crippen molar-refractivity contribution in [2.24, 2.45) is 5.92 Å². The van der Waals surface area contributed by atoms with Gasteiger partial charge in [0.1, 0.15) is 18.1 Å². The van der Waals surface area contributed by atoms with E-state index in [0.717, 1.165) is 43.3 Å². The van der Waals surface area contributed by atoms with E-state index in [0.29, 0.717) is 12.5 Å². The highest BCUT2D eigenvalue weighted by Gasteiger charge is 2.33. The molecule has 1 fully saturated rings. The third-order valence-corrected chi connectivity index (χ3v) is 4.56. The average Bonchev–Trinajstić information content (AvgIpc) is 3.19. The van der Waals surface area contributed by atoms with Crippen LogP contribution < -0.4 is 4.74 Å². The highest BCUT2D eigenvalue weighted by Crippen LogP contribution is 2.26. The van der Waals surface area contributed by atoms with Crippen molar-refractivity contribution >= 4 is 0 Å². The molecule has 136 valence electrons. The molecule has 1 aliphatic heterocycles. The van der Waals surface area contributed by atoms with Gasteiger partial charge in [-0.15, -0.1) is 0 Å². The van der Waals surface area contributed by atoms with E-state index in [2.05, 4.69) is 16.1 Å². The fourth-order valence-electron chi connectivity index (χ4n) is 3.45. The number of benzene rings is 1. The number of ether oxygens (including phenoxy) is 2. The molecule has 1 aromatic heterocycles. The number of nitrogens with zero attached hydrogens (tertiary/aromatic N) is 2. The molecule has 6 nitrogen and oxygen atoms in total. The maximum Gasteiger partial charge on any atom is 0.137 e. The van der Waals surface area contributed by atoms with Gasteiger partial charge in [0, 0.05) is 45.1 Å². The maximum absolute atomic E-state index is 8.88. The monoisotopic (exact) mass is 346 g/mol. The first-order valence-electron chi connectivity index (χ1n) is 8.68. The van der Waals surface area contributed by atoms with Crippen molar-refractivity contribution in [1.29, 1.82) is 0 Å². The Morgan fingerprint density at radius 2 is 2.20 bits per heavy atom. The SMILES string of the molecule is COC1CN(Cc2cccc(OCCO)c2)CC1Cc1cc(C)no1. The summed E-state index contributed by atoms with van der Waals surface area (Å²) in [6.07, 6.45) is 1.04. The molecule has 0 spiro atoms. The van der Waals surface area contributed by atoms with Gasteiger partial charge in [0.05, 0.1) is 18.4 Å². The van der Waals surface area contributed by atoms with Gasteiger partial charge < -0.3 is 19.1 Å². The van der Waals surface area contributed by atoms with Crippen LogP contribution in [0, 0.1) is 12.8 Å². The molecule has 25 heavy (non-hydrogen) atoms. The summed E-state index contributed by atoms with van der Waals surface area (Å²) in [5.41, 5.74) is 2.11. The molecule has 3 rings (SSSR count). The Kier molecular flexibility index (Phi) is 6.07. The molecule has 0 radical (unpaired) electrons. The molecule has 2 aromatic rings. The minimum Gasteiger partial charge on any atom is -0.491 e. The molecule has 0 saturated carbocycles. The molecular weight excluding hydrogens is 320 g/mol. The van der Waals surface area contributed by atoms with Crippen molar-refractivity contribution in [3.05, 3.63) is 47.3 Å². The summed E-state index contributed by atoms with van der Waals surface area (Å²) in [7, 11) is 1.77. The van der Waals surface area contributed by atoms with Crippen LogP contribution in [0.1, 0.15) is 17.0 Å². The van der Waals surface area contributed by atoms with Crippen LogP contribution in [0.3, 0.4) is 0 Å². The van der Waals surface area contributed by atoms with E-state index >= 15 is 0 Å². The molecule has 0 bridgehead atoms. The predicted molar refractivity (Wildman–Crippen MR) is 93.5 cm³/mol. The van der Waals surface area contributed by atoms with Crippen LogP contribution in [0.15, 0.2) is 34.9 Å². The second kappa shape index (κ2) is 8.47. The zero-order valence-electron chi connectivity index (χ0n) is 14.9. The Morgan fingerprint density at radius 1 is 1.32 bits per heavy atom. The van der Waals surface area contributed by atoms with Crippen molar-refractivity contribution in [3.63, 3.8) is 0 Å². The van der Waals surface area contributed by atoms with Crippen molar-refractivity contribution in [2.75, 3.05) is 33.4 Å². The van der Waals surface area contributed by atoms with Gasteiger partial charge in [-0.05, 0) is 24.6 Å². The van der Waals surface area contributed by atoms with Crippen molar-refractivity contribution in [1.82, 2.24) is 10.1 Å². The lowest BCUT2D eigenvalue weighted by Gasteiger charge is -2.16. The van der Waals surface area contributed by atoms with Crippen LogP contribution in [0.25, 0.3) is 0 Å². The number of aliphatic hydroxyl groups is 1. The summed E-state index contributed by atoms with van der Waals surface area (Å²) in [5, 5.41) is 12.8. The largest absolute Gasteiger partial charge is 0.491 e. The van der Waals surface area contributed by atoms with Crippen LogP contribution >= 0.6 is 0 Å². The number of likely N-dealkylation sites (tertiary alicyclic amines) is 1. The predicted octanol–water partition coefficient (Wildman–Crippen LogP) is 2.04. The highest BCUT2D eigenvalue weighted by atomic mass is 16.5. The van der Waals surface area contributed by atoms with Crippen LogP contribution in [-0.2, 0) is 17.7 Å².